The number of nitrogens with two attached hydrogens (primary N) is 1. The van der Waals surface area contributed by atoms with E-state index in [4.69, 9.17) is 5.73 Å². The Bertz CT molecular complexity index is 381. The van der Waals surface area contributed by atoms with Crippen molar-refractivity contribution in [3.05, 3.63) is 23.8 Å². The van der Waals surface area contributed by atoms with Gasteiger partial charge in [-0.15, -0.1) is 0 Å². The number of hydrogen-bond donors (Lipinski definition) is 3. The number of anilines is 2. The number of β-amino-alcohol motifs (C(OH)–C–C–N with tert-alkyl or cyclic N) is 1. The van der Waals surface area contributed by atoms with E-state index >= 15 is 0 Å². The summed E-state index contributed by atoms with van der Waals surface area (Å²) in [4.78, 5) is 2.09. The number of aliphatic hydroxyl groups excluding tert-OH is 2. The summed E-state index contributed by atoms with van der Waals surface area (Å²) in [7, 11) is 0. The number of benzene rings is 1. The van der Waals surface area contributed by atoms with Crippen molar-refractivity contribution in [3.8, 4) is 0 Å². The summed E-state index contributed by atoms with van der Waals surface area (Å²) >= 11 is 0. The van der Waals surface area contributed by atoms with Gasteiger partial charge in [-0.25, -0.2) is 0 Å². The highest BCUT2D eigenvalue weighted by Gasteiger charge is 2.26. The first-order valence-corrected chi connectivity index (χ1v) is 5.55. The lowest BCUT2D eigenvalue weighted by molar-refractivity contribution is 0.00800. The number of hydrogen-bond acceptors (Lipinski definition) is 4. The third-order valence-electron chi connectivity index (χ3n) is 3.11. The van der Waals surface area contributed by atoms with Gasteiger partial charge in [0, 0.05) is 24.5 Å². The Morgan fingerprint density at radius 3 is 2.69 bits per heavy atom. The van der Waals surface area contributed by atoms with Crippen LogP contribution in [0.5, 0.6) is 0 Å². The standard InChI is InChI=1S/C12H18N2O2/c1-8-6-9(13)2-3-10(8)14-5-4-11(15)12(16)7-14/h2-3,6,11-12,15-16H,4-5,7,13H2,1H3. The highest BCUT2D eigenvalue weighted by Crippen LogP contribution is 2.25. The normalized spacial score (nSPS) is 25.8. The lowest BCUT2D eigenvalue weighted by Gasteiger charge is -2.35. The molecule has 4 nitrogen and oxygen atoms in total. The molecule has 1 aromatic carbocycles. The van der Waals surface area contributed by atoms with Gasteiger partial charge in [0.2, 0.25) is 0 Å². The van der Waals surface area contributed by atoms with Crippen molar-refractivity contribution in [2.45, 2.75) is 25.6 Å². The van der Waals surface area contributed by atoms with Crippen molar-refractivity contribution in [2.75, 3.05) is 23.7 Å². The van der Waals surface area contributed by atoms with Crippen LogP contribution < -0.4 is 10.6 Å². The van der Waals surface area contributed by atoms with E-state index in [2.05, 4.69) is 4.90 Å². The fourth-order valence-electron chi connectivity index (χ4n) is 2.17. The SMILES string of the molecule is Cc1cc(N)ccc1N1CCC(O)C(O)C1. The van der Waals surface area contributed by atoms with E-state index in [0.717, 1.165) is 23.5 Å². The van der Waals surface area contributed by atoms with E-state index in [1.165, 1.54) is 0 Å². The van der Waals surface area contributed by atoms with E-state index in [1.807, 2.05) is 25.1 Å². The minimum atomic E-state index is -0.661. The molecule has 1 heterocycles. The van der Waals surface area contributed by atoms with Crippen molar-refractivity contribution in [1.82, 2.24) is 0 Å². The topological polar surface area (TPSA) is 69.7 Å². The van der Waals surface area contributed by atoms with Crippen LogP contribution in [0, 0.1) is 6.92 Å². The molecule has 0 spiro atoms. The maximum Gasteiger partial charge on any atom is 0.0974 e. The van der Waals surface area contributed by atoms with Gasteiger partial charge in [-0.05, 0) is 37.1 Å². The van der Waals surface area contributed by atoms with Crippen molar-refractivity contribution < 1.29 is 10.2 Å². The molecule has 2 rings (SSSR count). The average Bonchev–Trinajstić information content (AvgIpc) is 2.22. The maximum atomic E-state index is 9.64. The summed E-state index contributed by atoms with van der Waals surface area (Å²) in [6.45, 7) is 3.25. The fourth-order valence-corrected chi connectivity index (χ4v) is 2.17. The first kappa shape index (κ1) is 11.2. The molecule has 1 saturated heterocycles. The summed E-state index contributed by atoms with van der Waals surface area (Å²) in [5, 5.41) is 19.1. The largest absolute Gasteiger partial charge is 0.399 e. The molecule has 1 fully saturated rings. The molecule has 0 bridgehead atoms. The van der Waals surface area contributed by atoms with Crippen LogP contribution in [0.3, 0.4) is 0 Å². The zero-order valence-electron chi connectivity index (χ0n) is 9.43. The van der Waals surface area contributed by atoms with Crippen molar-refractivity contribution in [3.63, 3.8) is 0 Å². The van der Waals surface area contributed by atoms with Crippen LogP contribution >= 0.6 is 0 Å². The molecule has 1 aliphatic heterocycles. The van der Waals surface area contributed by atoms with Crippen LogP contribution in [-0.2, 0) is 0 Å². The third kappa shape index (κ3) is 2.13. The van der Waals surface area contributed by atoms with Gasteiger partial charge in [-0.3, -0.25) is 0 Å². The lowest BCUT2D eigenvalue weighted by Crippen LogP contribution is -2.46. The van der Waals surface area contributed by atoms with E-state index < -0.39 is 12.2 Å². The molecule has 0 amide bonds. The first-order chi connectivity index (χ1) is 7.58. The molecule has 0 aromatic heterocycles. The first-order valence-electron chi connectivity index (χ1n) is 5.55. The minimum absolute atomic E-state index is 0.478. The van der Waals surface area contributed by atoms with Gasteiger partial charge in [-0.1, -0.05) is 0 Å². The monoisotopic (exact) mass is 222 g/mol. The Balaban J connectivity index is 2.18. The van der Waals surface area contributed by atoms with Crippen molar-refractivity contribution in [1.29, 1.82) is 0 Å². The van der Waals surface area contributed by atoms with Gasteiger partial charge in [-0.2, -0.15) is 0 Å². The van der Waals surface area contributed by atoms with Crippen LogP contribution in [-0.4, -0.2) is 35.5 Å². The van der Waals surface area contributed by atoms with Crippen LogP contribution in [0.15, 0.2) is 18.2 Å². The molecule has 4 N–H and O–H groups in total. The molecule has 1 aromatic rings. The smallest absolute Gasteiger partial charge is 0.0974 e. The Labute approximate surface area is 95.3 Å². The molecular formula is C12H18N2O2. The average molecular weight is 222 g/mol. The quantitative estimate of drug-likeness (QED) is 0.605. The molecule has 0 aliphatic carbocycles. The molecule has 0 saturated carbocycles. The molecule has 2 atom stereocenters. The van der Waals surface area contributed by atoms with Gasteiger partial charge < -0.3 is 20.8 Å². The van der Waals surface area contributed by atoms with Gasteiger partial charge >= 0.3 is 0 Å². The molecule has 16 heavy (non-hydrogen) atoms. The summed E-state index contributed by atoms with van der Waals surface area (Å²) < 4.78 is 0. The van der Waals surface area contributed by atoms with Gasteiger partial charge in [0.15, 0.2) is 0 Å². The predicted octanol–water partition coefficient (Wildman–Crippen LogP) is 0.509. The van der Waals surface area contributed by atoms with Crippen molar-refractivity contribution in [2.24, 2.45) is 0 Å². The minimum Gasteiger partial charge on any atom is -0.399 e. The van der Waals surface area contributed by atoms with Gasteiger partial charge in [0.1, 0.15) is 0 Å². The Hall–Kier alpha value is -1.26. The molecule has 2 unspecified atom stereocenters. The summed E-state index contributed by atoms with van der Waals surface area (Å²) in [5.74, 6) is 0. The van der Waals surface area contributed by atoms with Crippen molar-refractivity contribution >= 4 is 11.4 Å². The number of aryl methyl sites for hydroxylation is 1. The van der Waals surface area contributed by atoms with Gasteiger partial charge in [0.05, 0.1) is 12.2 Å². The van der Waals surface area contributed by atoms with Gasteiger partial charge in [0.25, 0.3) is 0 Å². The Kier molecular flexibility index (Phi) is 3.03. The Morgan fingerprint density at radius 1 is 1.31 bits per heavy atom. The second-order valence-corrected chi connectivity index (χ2v) is 4.42. The molecular weight excluding hydrogens is 204 g/mol. The highest BCUT2D eigenvalue weighted by molar-refractivity contribution is 5.59. The third-order valence-corrected chi connectivity index (χ3v) is 3.11. The summed E-state index contributed by atoms with van der Waals surface area (Å²) in [6, 6.07) is 5.75. The number of nitrogen functional groups attached to an aromatic ring is 1. The van der Waals surface area contributed by atoms with Crippen LogP contribution in [0.25, 0.3) is 0 Å². The van der Waals surface area contributed by atoms with Crippen LogP contribution in [0.2, 0.25) is 0 Å². The molecule has 1 aliphatic rings. The number of aliphatic hydroxyl groups is 2. The molecule has 4 heteroatoms. The molecule has 0 radical (unpaired) electrons. The van der Waals surface area contributed by atoms with Crippen LogP contribution in [0.4, 0.5) is 11.4 Å². The summed E-state index contributed by atoms with van der Waals surface area (Å²) in [5.41, 5.74) is 8.63. The van der Waals surface area contributed by atoms with E-state index in [9.17, 15) is 10.2 Å². The predicted molar refractivity (Wildman–Crippen MR) is 64.4 cm³/mol. The molecule has 88 valence electrons. The second kappa shape index (κ2) is 4.31. The zero-order valence-corrected chi connectivity index (χ0v) is 9.43. The van der Waals surface area contributed by atoms with Crippen LogP contribution in [0.1, 0.15) is 12.0 Å². The van der Waals surface area contributed by atoms with E-state index in [1.54, 1.807) is 0 Å². The lowest BCUT2D eigenvalue weighted by atomic mass is 10.0. The second-order valence-electron chi connectivity index (χ2n) is 4.42. The number of rotatable bonds is 1. The summed E-state index contributed by atoms with van der Waals surface area (Å²) in [6.07, 6.45) is -0.652. The fraction of sp³-hybridized carbons (Fsp3) is 0.500. The zero-order chi connectivity index (χ0) is 11.7. The number of piperidine rings is 1. The van der Waals surface area contributed by atoms with E-state index in [-0.39, 0.29) is 0 Å². The Morgan fingerprint density at radius 2 is 2.06 bits per heavy atom. The maximum absolute atomic E-state index is 9.64. The number of nitrogens with zero attached hydrogens (tertiary/aromatic N) is 1. The van der Waals surface area contributed by atoms with E-state index in [0.29, 0.717) is 13.0 Å². The highest BCUT2D eigenvalue weighted by atomic mass is 16.3.